The molecule has 0 aliphatic rings. The van der Waals surface area contributed by atoms with E-state index in [0.29, 0.717) is 0 Å². The topological polar surface area (TPSA) is 73.8 Å². The average Bonchev–Trinajstić information content (AvgIpc) is 3.42. The first-order chi connectivity index (χ1) is 33.4. The number of hydrogen-bond acceptors (Lipinski definition) is 8. The van der Waals surface area contributed by atoms with Crippen LogP contribution in [0.2, 0.25) is 0 Å². The summed E-state index contributed by atoms with van der Waals surface area (Å²) in [5.74, 6) is 6.15. The van der Waals surface area contributed by atoms with Gasteiger partial charge in [-0.3, -0.25) is 0 Å². The first kappa shape index (κ1) is 47.6. The van der Waals surface area contributed by atoms with Crippen molar-refractivity contribution in [2.75, 3.05) is 56.9 Å². The van der Waals surface area contributed by atoms with Crippen LogP contribution in [0.15, 0.2) is 194 Å². The van der Waals surface area contributed by atoms with Gasteiger partial charge in [0.05, 0.1) is 56.9 Å². The van der Waals surface area contributed by atoms with Crippen LogP contribution < -0.4 is 37.9 Å². The molecule has 0 saturated carbocycles. The summed E-state index contributed by atoms with van der Waals surface area (Å²) in [5, 5.41) is 0. The van der Waals surface area contributed by atoms with E-state index in [2.05, 4.69) is 97.1 Å². The third-order valence-corrected chi connectivity index (χ3v) is 11.5. The van der Waals surface area contributed by atoms with Gasteiger partial charge in [-0.05, 0) is 117 Å². The van der Waals surface area contributed by atoms with Crippen LogP contribution in [0.3, 0.4) is 0 Å². The van der Waals surface area contributed by atoms with Crippen LogP contribution in [-0.2, 0) is 0 Å². The predicted octanol–water partition coefficient (Wildman–Crippen LogP) is 13.5. The molecule has 0 spiro atoms. The van der Waals surface area contributed by atoms with Crippen molar-refractivity contribution >= 4 is 22.3 Å². The van der Waals surface area contributed by atoms with E-state index >= 15 is 0 Å². The molecule has 8 rings (SSSR count). The molecular weight excluding hydrogens is 849 g/mol. The highest BCUT2D eigenvalue weighted by Gasteiger charge is 2.22. The fourth-order valence-corrected chi connectivity index (χ4v) is 8.03. The van der Waals surface area contributed by atoms with Crippen molar-refractivity contribution in [1.82, 2.24) is 0 Å². The molecule has 68 heavy (non-hydrogen) atoms. The molecule has 0 aliphatic carbocycles. The fourth-order valence-electron chi connectivity index (χ4n) is 8.03. The summed E-state index contributed by atoms with van der Waals surface area (Å²) >= 11 is 0. The van der Waals surface area contributed by atoms with Crippen LogP contribution in [0.4, 0.5) is 0 Å². The summed E-state index contributed by atoms with van der Waals surface area (Å²) in [6, 6.07) is 65.0. The summed E-state index contributed by atoms with van der Waals surface area (Å²) in [5.41, 5.74) is 12.6. The Bertz CT molecular complexity index is 2720. The Morgan fingerprint density at radius 3 is 0.706 bits per heavy atom. The normalized spacial score (nSPS) is 11.4. The minimum absolute atomic E-state index is 0.729. The first-order valence-corrected chi connectivity index (χ1v) is 22.0. The lowest BCUT2D eigenvalue weighted by Gasteiger charge is -2.20. The minimum Gasteiger partial charge on any atom is -0.497 e. The van der Waals surface area contributed by atoms with Gasteiger partial charge >= 0.3 is 0 Å². The lowest BCUT2D eigenvalue weighted by molar-refractivity contribution is 0.393. The Hall–Kier alpha value is -8.36. The van der Waals surface area contributed by atoms with E-state index in [4.69, 9.17) is 37.9 Å². The van der Waals surface area contributed by atoms with E-state index in [1.165, 1.54) is 0 Å². The highest BCUT2D eigenvalue weighted by molar-refractivity contribution is 6.07. The predicted molar refractivity (Wildman–Crippen MR) is 274 cm³/mol. The van der Waals surface area contributed by atoms with Crippen molar-refractivity contribution in [3.05, 3.63) is 239 Å². The van der Waals surface area contributed by atoms with E-state index in [1.54, 1.807) is 56.9 Å². The number of benzene rings is 8. The molecule has 0 amide bonds. The van der Waals surface area contributed by atoms with E-state index < -0.39 is 0 Å². The molecule has 344 valence electrons. The van der Waals surface area contributed by atoms with Gasteiger partial charge in [0.15, 0.2) is 0 Å². The quantitative estimate of drug-likeness (QED) is 0.0888. The maximum absolute atomic E-state index is 5.83. The van der Waals surface area contributed by atoms with Crippen LogP contribution in [-0.4, -0.2) is 56.9 Å². The van der Waals surface area contributed by atoms with E-state index in [9.17, 15) is 0 Å². The molecule has 0 unspecified atom stereocenters. The largest absolute Gasteiger partial charge is 0.497 e. The Labute approximate surface area is 400 Å². The number of methoxy groups -OCH3 is 8. The van der Waals surface area contributed by atoms with Gasteiger partial charge in [0, 0.05) is 34.4 Å². The molecule has 0 fully saturated rings. The van der Waals surface area contributed by atoms with Crippen molar-refractivity contribution in [1.29, 1.82) is 0 Å². The Balaban J connectivity index is 0.000000201. The van der Waals surface area contributed by atoms with Gasteiger partial charge < -0.3 is 37.9 Å². The smallest absolute Gasteiger partial charge is 0.130 e. The van der Waals surface area contributed by atoms with Gasteiger partial charge in [0.25, 0.3) is 0 Å². The van der Waals surface area contributed by atoms with Crippen molar-refractivity contribution in [2.45, 2.75) is 0 Å². The molecule has 8 heteroatoms. The molecule has 8 aromatic rings. The lowest BCUT2D eigenvalue weighted by Crippen LogP contribution is -2.00. The van der Waals surface area contributed by atoms with Crippen LogP contribution in [0.5, 0.6) is 46.0 Å². The summed E-state index contributed by atoms with van der Waals surface area (Å²) in [6.07, 6.45) is 0. The van der Waals surface area contributed by atoms with Gasteiger partial charge in [0.2, 0.25) is 0 Å². The van der Waals surface area contributed by atoms with Crippen molar-refractivity contribution in [3.8, 4) is 46.0 Å². The maximum Gasteiger partial charge on any atom is 0.130 e. The maximum atomic E-state index is 5.83. The van der Waals surface area contributed by atoms with E-state index in [1.807, 2.05) is 97.1 Å². The molecule has 0 heterocycles. The molecule has 0 radical (unpaired) electrons. The monoisotopic (exact) mass is 904 g/mol. The SMILES string of the molecule is COc1ccc(/C(=C(/c2ccc(OC)cc2)c2ccc(OC)cc2OC)c2ccccc2)cc1.COc1ccc(/C(=C(/c2ccc(OC)cc2)c2ccc(OC)cc2OC)c2ccccc2)cc1. The summed E-state index contributed by atoms with van der Waals surface area (Å²) in [4.78, 5) is 0. The lowest BCUT2D eigenvalue weighted by atomic mass is 9.85. The number of ether oxygens (including phenoxy) is 8. The van der Waals surface area contributed by atoms with Crippen LogP contribution >= 0.6 is 0 Å². The molecular formula is C60H56O8. The molecule has 0 saturated heterocycles. The summed E-state index contributed by atoms with van der Waals surface area (Å²) in [6.45, 7) is 0. The summed E-state index contributed by atoms with van der Waals surface area (Å²) in [7, 11) is 13.4. The zero-order valence-electron chi connectivity index (χ0n) is 39.7. The van der Waals surface area contributed by atoms with Crippen LogP contribution in [0, 0.1) is 0 Å². The minimum atomic E-state index is 0.729. The zero-order valence-corrected chi connectivity index (χ0v) is 39.7. The van der Waals surface area contributed by atoms with Crippen LogP contribution in [0.25, 0.3) is 22.3 Å². The molecule has 0 atom stereocenters. The van der Waals surface area contributed by atoms with Gasteiger partial charge in [0.1, 0.15) is 46.0 Å². The Morgan fingerprint density at radius 2 is 0.456 bits per heavy atom. The Morgan fingerprint density at radius 1 is 0.221 bits per heavy atom. The van der Waals surface area contributed by atoms with Crippen molar-refractivity contribution < 1.29 is 37.9 Å². The van der Waals surface area contributed by atoms with Gasteiger partial charge in [-0.25, -0.2) is 0 Å². The second kappa shape index (κ2) is 23.2. The Kier molecular flexibility index (Phi) is 16.2. The van der Waals surface area contributed by atoms with Gasteiger partial charge in [-0.15, -0.1) is 0 Å². The average molecular weight is 905 g/mol. The molecule has 0 aromatic heterocycles. The number of hydrogen-bond donors (Lipinski definition) is 0. The second-order valence-electron chi connectivity index (χ2n) is 15.3. The number of rotatable bonds is 16. The second-order valence-corrected chi connectivity index (χ2v) is 15.3. The molecule has 0 bridgehead atoms. The standard InChI is InChI=1S/2C30H28O4/c2*1-31-24-14-10-22(11-15-24)29(21-8-6-5-7-9-21)30(23-12-16-25(32-2)17-13-23)27-19-18-26(33-3)20-28(27)34-4/h2*5-20H,1-4H3/b2*30-29-. The molecule has 0 aliphatic heterocycles. The third-order valence-electron chi connectivity index (χ3n) is 11.5. The molecule has 8 aromatic carbocycles. The highest BCUT2D eigenvalue weighted by atomic mass is 16.5. The van der Waals surface area contributed by atoms with E-state index in [0.717, 1.165) is 113 Å². The zero-order chi connectivity index (χ0) is 47.8. The fraction of sp³-hybridized carbons (Fsp3) is 0.133. The first-order valence-electron chi connectivity index (χ1n) is 22.0. The third kappa shape index (κ3) is 11.0. The molecule has 8 nitrogen and oxygen atoms in total. The highest BCUT2D eigenvalue weighted by Crippen LogP contribution is 2.44. The van der Waals surface area contributed by atoms with Gasteiger partial charge in [-0.1, -0.05) is 109 Å². The molecule has 0 N–H and O–H groups in total. The van der Waals surface area contributed by atoms with Gasteiger partial charge in [-0.2, -0.15) is 0 Å². The van der Waals surface area contributed by atoms with Crippen molar-refractivity contribution in [2.24, 2.45) is 0 Å². The summed E-state index contributed by atoms with van der Waals surface area (Å²) < 4.78 is 44.2. The van der Waals surface area contributed by atoms with Crippen LogP contribution in [0.1, 0.15) is 44.5 Å². The van der Waals surface area contributed by atoms with Crippen molar-refractivity contribution in [3.63, 3.8) is 0 Å². The van der Waals surface area contributed by atoms with E-state index in [-0.39, 0.29) is 0 Å².